The second kappa shape index (κ2) is 4.01. The van der Waals surface area contributed by atoms with E-state index in [0.29, 0.717) is 15.5 Å². The number of hydrogen-bond acceptors (Lipinski definition) is 3. The number of rotatable bonds is 3. The van der Waals surface area contributed by atoms with Crippen molar-refractivity contribution < 1.29 is 4.92 Å². The third-order valence-electron chi connectivity index (χ3n) is 1.21. The summed E-state index contributed by atoms with van der Waals surface area (Å²) in [6, 6.07) is 0. The van der Waals surface area contributed by atoms with Crippen LogP contribution in [0.3, 0.4) is 0 Å². The van der Waals surface area contributed by atoms with Crippen LogP contribution in [0, 0.1) is 10.1 Å². The van der Waals surface area contributed by atoms with E-state index in [1.54, 1.807) is 0 Å². The lowest BCUT2D eigenvalue weighted by molar-refractivity contribution is -0.390. The number of aromatic nitrogens is 2. The van der Waals surface area contributed by atoms with Gasteiger partial charge in [0.05, 0.1) is 17.8 Å². The summed E-state index contributed by atoms with van der Waals surface area (Å²) in [7, 11) is 0. The zero-order valence-corrected chi connectivity index (χ0v) is 9.58. The summed E-state index contributed by atoms with van der Waals surface area (Å²) in [6.45, 7) is 4.01. The van der Waals surface area contributed by atoms with Crippen molar-refractivity contribution in [2.24, 2.45) is 0 Å². The Bertz CT molecular complexity index is 361. The molecule has 5 nitrogen and oxygen atoms in total. The normalized spacial score (nSPS) is 10.0. The molecule has 0 saturated heterocycles. The van der Waals surface area contributed by atoms with E-state index in [1.165, 1.54) is 10.9 Å². The zero-order chi connectivity index (χ0) is 10.0. The lowest BCUT2D eigenvalue weighted by Crippen LogP contribution is -1.98. The average Bonchev–Trinajstić information content (AvgIpc) is 2.29. The van der Waals surface area contributed by atoms with Gasteiger partial charge in [-0.3, -0.25) is 0 Å². The first-order chi connectivity index (χ1) is 6.00. The highest BCUT2D eigenvalue weighted by Gasteiger charge is 2.18. The van der Waals surface area contributed by atoms with Crippen molar-refractivity contribution in [3.63, 3.8) is 0 Å². The van der Waals surface area contributed by atoms with Gasteiger partial charge in [0.2, 0.25) is 0 Å². The molecule has 0 unspecified atom stereocenters. The molecule has 7 heteroatoms. The molecule has 0 aliphatic carbocycles. The Kier molecular flexibility index (Phi) is 3.21. The molecule has 0 radical (unpaired) electrons. The van der Waals surface area contributed by atoms with Gasteiger partial charge in [0.15, 0.2) is 0 Å². The predicted octanol–water partition coefficient (Wildman–Crippen LogP) is 2.46. The molecule has 0 aliphatic heterocycles. The second-order valence-corrected chi connectivity index (χ2v) is 4.25. The molecule has 13 heavy (non-hydrogen) atoms. The van der Waals surface area contributed by atoms with Gasteiger partial charge in [-0.2, -0.15) is 4.68 Å². The maximum Gasteiger partial charge on any atom is 0.404 e. The molecule has 0 N–H and O–H groups in total. The summed E-state index contributed by atoms with van der Waals surface area (Å²) in [5.41, 5.74) is 0. The maximum atomic E-state index is 10.4. The molecule has 0 aliphatic rings. The SMILES string of the molecule is C=C(Br)Cn1cc(Br)c([N+](=O)[O-])n1. The van der Waals surface area contributed by atoms with E-state index >= 15 is 0 Å². The predicted molar refractivity (Wildman–Crippen MR) is 54.6 cm³/mol. The van der Waals surface area contributed by atoms with Crippen molar-refractivity contribution in [2.45, 2.75) is 6.54 Å². The van der Waals surface area contributed by atoms with Crippen LogP contribution in [0.5, 0.6) is 0 Å². The first-order valence-corrected chi connectivity index (χ1v) is 4.80. The van der Waals surface area contributed by atoms with E-state index in [-0.39, 0.29) is 5.82 Å². The van der Waals surface area contributed by atoms with Gasteiger partial charge in [-0.15, -0.1) is 0 Å². The van der Waals surface area contributed by atoms with Gasteiger partial charge in [0.1, 0.15) is 4.47 Å². The molecule has 0 atom stereocenters. The van der Waals surface area contributed by atoms with Crippen LogP contribution in [0.1, 0.15) is 0 Å². The Morgan fingerprint density at radius 3 is 2.85 bits per heavy atom. The monoisotopic (exact) mass is 309 g/mol. The largest absolute Gasteiger partial charge is 0.404 e. The fraction of sp³-hybridized carbons (Fsp3) is 0.167. The summed E-state index contributed by atoms with van der Waals surface area (Å²) in [5.74, 6) is -0.186. The van der Waals surface area contributed by atoms with Crippen LogP contribution >= 0.6 is 31.9 Å². The summed E-state index contributed by atoms with van der Waals surface area (Å²) < 4.78 is 2.50. The molecular formula is C6H5Br2N3O2. The molecule has 0 bridgehead atoms. The third-order valence-corrected chi connectivity index (χ3v) is 2.02. The van der Waals surface area contributed by atoms with Crippen molar-refractivity contribution in [2.75, 3.05) is 0 Å². The van der Waals surface area contributed by atoms with Gasteiger partial charge in [-0.05, 0) is 20.9 Å². The van der Waals surface area contributed by atoms with Crippen molar-refractivity contribution in [1.29, 1.82) is 0 Å². The fourth-order valence-electron chi connectivity index (χ4n) is 0.767. The molecule has 1 aromatic rings. The Morgan fingerprint density at radius 2 is 2.46 bits per heavy atom. The molecule has 0 fully saturated rings. The van der Waals surface area contributed by atoms with Crippen LogP contribution in [0.4, 0.5) is 5.82 Å². The van der Waals surface area contributed by atoms with Crippen LogP contribution in [0.15, 0.2) is 21.7 Å². The minimum atomic E-state index is -0.544. The van der Waals surface area contributed by atoms with Crippen molar-refractivity contribution >= 4 is 37.7 Å². The summed E-state index contributed by atoms with van der Waals surface area (Å²) >= 11 is 6.18. The van der Waals surface area contributed by atoms with E-state index in [2.05, 4.69) is 43.5 Å². The van der Waals surface area contributed by atoms with E-state index in [1.807, 2.05) is 0 Å². The first kappa shape index (κ1) is 10.4. The van der Waals surface area contributed by atoms with E-state index in [4.69, 9.17) is 0 Å². The highest BCUT2D eigenvalue weighted by atomic mass is 79.9. The van der Waals surface area contributed by atoms with Crippen molar-refractivity contribution in [1.82, 2.24) is 9.78 Å². The van der Waals surface area contributed by atoms with Gasteiger partial charge in [-0.1, -0.05) is 22.5 Å². The lowest BCUT2D eigenvalue weighted by atomic mass is 10.6. The molecule has 0 saturated carbocycles. The van der Waals surface area contributed by atoms with Crippen LogP contribution in [0.2, 0.25) is 0 Å². The standard InChI is InChI=1S/C6H5Br2N3O2/c1-4(7)2-10-3-5(8)6(9-10)11(12)13/h3H,1-2H2. The molecule has 0 spiro atoms. The summed E-state index contributed by atoms with van der Waals surface area (Å²) in [6.07, 6.45) is 1.53. The Hall–Kier alpha value is -0.690. The van der Waals surface area contributed by atoms with E-state index in [0.717, 1.165) is 0 Å². The Labute approximate surface area is 90.8 Å². The minimum Gasteiger partial charge on any atom is -0.358 e. The molecule has 0 aromatic carbocycles. The smallest absolute Gasteiger partial charge is 0.358 e. The Morgan fingerprint density at radius 1 is 1.85 bits per heavy atom. The van der Waals surface area contributed by atoms with E-state index < -0.39 is 4.92 Å². The van der Waals surface area contributed by atoms with Crippen LogP contribution in [-0.4, -0.2) is 14.7 Å². The zero-order valence-electron chi connectivity index (χ0n) is 6.41. The summed E-state index contributed by atoms with van der Waals surface area (Å²) in [4.78, 5) is 9.84. The van der Waals surface area contributed by atoms with Crippen LogP contribution < -0.4 is 0 Å². The molecule has 1 rings (SSSR count). The third kappa shape index (κ3) is 2.63. The van der Waals surface area contributed by atoms with Crippen LogP contribution in [0.25, 0.3) is 0 Å². The van der Waals surface area contributed by atoms with Crippen LogP contribution in [-0.2, 0) is 6.54 Å². The van der Waals surface area contributed by atoms with Gasteiger partial charge in [0.25, 0.3) is 0 Å². The van der Waals surface area contributed by atoms with E-state index in [9.17, 15) is 10.1 Å². The molecule has 70 valence electrons. The van der Waals surface area contributed by atoms with Gasteiger partial charge >= 0.3 is 5.82 Å². The van der Waals surface area contributed by atoms with Crippen molar-refractivity contribution in [3.8, 4) is 0 Å². The fourth-order valence-corrected chi connectivity index (χ4v) is 1.48. The molecule has 1 aromatic heterocycles. The van der Waals surface area contributed by atoms with Gasteiger partial charge in [-0.25, -0.2) is 0 Å². The van der Waals surface area contributed by atoms with Gasteiger partial charge < -0.3 is 10.1 Å². The molecular weight excluding hydrogens is 306 g/mol. The topological polar surface area (TPSA) is 61.0 Å². The maximum absolute atomic E-state index is 10.4. The van der Waals surface area contributed by atoms with Gasteiger partial charge in [0, 0.05) is 4.48 Å². The number of hydrogen-bond donors (Lipinski definition) is 0. The number of halogens is 2. The number of nitrogens with zero attached hydrogens (tertiary/aromatic N) is 3. The first-order valence-electron chi connectivity index (χ1n) is 3.21. The highest BCUT2D eigenvalue weighted by molar-refractivity contribution is 9.11. The molecule has 0 amide bonds. The summed E-state index contributed by atoms with van der Waals surface area (Å²) in [5, 5.41) is 14.1. The Balaban J connectivity index is 2.95. The van der Waals surface area contributed by atoms with Crippen molar-refractivity contribution in [3.05, 3.63) is 31.8 Å². The minimum absolute atomic E-state index is 0.186. The molecule has 1 heterocycles. The highest BCUT2D eigenvalue weighted by Crippen LogP contribution is 2.22. The second-order valence-electron chi connectivity index (χ2n) is 2.27. The number of nitro groups is 1. The quantitative estimate of drug-likeness (QED) is 0.636. The average molecular weight is 311 g/mol. The number of allylic oxidation sites excluding steroid dienone is 1. The lowest BCUT2D eigenvalue weighted by Gasteiger charge is -1.90.